The summed E-state index contributed by atoms with van der Waals surface area (Å²) in [6.07, 6.45) is 0. The van der Waals surface area contributed by atoms with Crippen molar-refractivity contribution in [3.63, 3.8) is 0 Å². The highest BCUT2D eigenvalue weighted by Gasteiger charge is 2.24. The fourth-order valence-corrected chi connectivity index (χ4v) is 3.34. The van der Waals surface area contributed by atoms with Gasteiger partial charge in [0.25, 0.3) is 0 Å². The highest BCUT2D eigenvalue weighted by Crippen LogP contribution is 2.35. The van der Waals surface area contributed by atoms with E-state index in [1.165, 1.54) is 0 Å². The molecule has 0 saturated carbocycles. The zero-order chi connectivity index (χ0) is 16.5. The summed E-state index contributed by atoms with van der Waals surface area (Å²) in [7, 11) is -3.84. The van der Waals surface area contributed by atoms with E-state index in [1.807, 2.05) is 33.8 Å². The second-order valence-corrected chi connectivity index (χ2v) is 8.70. The monoisotopic (exact) mass is 382 g/mol. The van der Waals surface area contributed by atoms with Gasteiger partial charge in [0.05, 0.1) is 0 Å². The summed E-state index contributed by atoms with van der Waals surface area (Å²) in [6.45, 7) is 7.95. The van der Waals surface area contributed by atoms with Gasteiger partial charge in [0, 0.05) is 10.0 Å². The zero-order valence-electron chi connectivity index (χ0n) is 13.1. The molecule has 0 aliphatic heterocycles. The van der Waals surface area contributed by atoms with Crippen LogP contribution in [0.2, 0.25) is 0 Å². The van der Waals surface area contributed by atoms with Crippen LogP contribution in [0, 0.1) is 6.92 Å². The van der Waals surface area contributed by atoms with E-state index in [1.54, 1.807) is 36.4 Å². The van der Waals surface area contributed by atoms with E-state index in [9.17, 15) is 8.42 Å². The lowest BCUT2D eigenvalue weighted by atomic mass is 9.86. The topological polar surface area (TPSA) is 43.4 Å². The average molecular weight is 383 g/mol. The molecule has 0 atom stereocenters. The summed E-state index contributed by atoms with van der Waals surface area (Å²) < 4.78 is 31.2. The maximum absolute atomic E-state index is 12.4. The highest BCUT2D eigenvalue weighted by molar-refractivity contribution is 9.10. The Morgan fingerprint density at radius 1 is 1.00 bits per heavy atom. The number of hydrogen-bond donors (Lipinski definition) is 0. The number of rotatable bonds is 3. The minimum Gasteiger partial charge on any atom is -0.379 e. The standard InChI is InChI=1S/C17H19BrO3S/c1-12-5-8-14(9-6-12)22(19,20)21-16-10-7-13(18)11-15(16)17(2,3)4/h5-11H,1-4H3. The van der Waals surface area contributed by atoms with Crippen molar-refractivity contribution in [1.29, 1.82) is 0 Å². The molecule has 5 heteroatoms. The molecule has 0 spiro atoms. The van der Waals surface area contributed by atoms with E-state index < -0.39 is 10.1 Å². The third-order valence-electron chi connectivity index (χ3n) is 3.26. The van der Waals surface area contributed by atoms with Crippen LogP contribution >= 0.6 is 15.9 Å². The molecule has 0 amide bonds. The minimum atomic E-state index is -3.84. The summed E-state index contributed by atoms with van der Waals surface area (Å²) in [5.41, 5.74) is 1.59. The Hall–Kier alpha value is -1.33. The summed E-state index contributed by atoms with van der Waals surface area (Å²) in [6, 6.07) is 12.0. The van der Waals surface area contributed by atoms with E-state index in [0.717, 1.165) is 15.6 Å². The lowest BCUT2D eigenvalue weighted by Gasteiger charge is -2.22. The first-order valence-corrected chi connectivity index (χ1v) is 9.11. The predicted octanol–water partition coefficient (Wildman–Crippen LogP) is 4.82. The van der Waals surface area contributed by atoms with Gasteiger partial charge in [-0.2, -0.15) is 8.42 Å². The summed E-state index contributed by atoms with van der Waals surface area (Å²) in [5.74, 6) is 0.358. The molecule has 0 aliphatic rings. The van der Waals surface area contributed by atoms with E-state index in [-0.39, 0.29) is 10.3 Å². The lowest BCUT2D eigenvalue weighted by Crippen LogP contribution is -2.17. The van der Waals surface area contributed by atoms with Gasteiger partial charge in [-0.3, -0.25) is 0 Å². The Morgan fingerprint density at radius 3 is 2.14 bits per heavy atom. The van der Waals surface area contributed by atoms with Crippen LogP contribution in [0.25, 0.3) is 0 Å². The summed E-state index contributed by atoms with van der Waals surface area (Å²) >= 11 is 3.42. The molecular formula is C17H19BrO3S. The van der Waals surface area contributed by atoms with Gasteiger partial charge in [0.2, 0.25) is 0 Å². The summed E-state index contributed by atoms with van der Waals surface area (Å²) in [4.78, 5) is 0.154. The van der Waals surface area contributed by atoms with Crippen LogP contribution in [0.3, 0.4) is 0 Å². The van der Waals surface area contributed by atoms with Crippen LogP contribution in [0.5, 0.6) is 5.75 Å². The Labute approximate surface area is 140 Å². The van der Waals surface area contributed by atoms with Crippen molar-refractivity contribution < 1.29 is 12.6 Å². The van der Waals surface area contributed by atoms with Crippen LogP contribution in [-0.2, 0) is 15.5 Å². The van der Waals surface area contributed by atoms with Gasteiger partial charge in [0.1, 0.15) is 10.6 Å². The van der Waals surface area contributed by atoms with Crippen LogP contribution in [0.1, 0.15) is 31.9 Å². The molecular weight excluding hydrogens is 364 g/mol. The van der Waals surface area contributed by atoms with Crippen molar-refractivity contribution in [2.45, 2.75) is 38.0 Å². The smallest absolute Gasteiger partial charge is 0.339 e. The third kappa shape index (κ3) is 3.90. The maximum atomic E-state index is 12.4. The molecule has 0 aromatic heterocycles. The van der Waals surface area contributed by atoms with Gasteiger partial charge in [-0.05, 0) is 42.7 Å². The van der Waals surface area contributed by atoms with E-state index in [0.29, 0.717) is 5.75 Å². The molecule has 0 radical (unpaired) electrons. The average Bonchev–Trinajstić information content (AvgIpc) is 2.40. The second-order valence-electron chi connectivity index (χ2n) is 6.24. The van der Waals surface area contributed by atoms with Crippen LogP contribution in [0.4, 0.5) is 0 Å². The maximum Gasteiger partial charge on any atom is 0.339 e. The molecule has 0 fully saturated rings. The van der Waals surface area contributed by atoms with Gasteiger partial charge >= 0.3 is 10.1 Å². The number of aryl methyl sites for hydroxylation is 1. The molecule has 0 unspecified atom stereocenters. The van der Waals surface area contributed by atoms with Crippen LogP contribution in [0.15, 0.2) is 51.8 Å². The Bertz CT molecular complexity index is 773. The Kier molecular flexibility index (Phi) is 4.68. The Balaban J connectivity index is 2.44. The molecule has 2 aromatic carbocycles. The van der Waals surface area contributed by atoms with E-state index in [4.69, 9.17) is 4.18 Å². The fourth-order valence-electron chi connectivity index (χ4n) is 2.03. The first-order chi connectivity index (χ1) is 10.1. The third-order valence-corrected chi connectivity index (χ3v) is 5.00. The van der Waals surface area contributed by atoms with Gasteiger partial charge in [-0.15, -0.1) is 0 Å². The predicted molar refractivity (Wildman–Crippen MR) is 91.8 cm³/mol. The fraction of sp³-hybridized carbons (Fsp3) is 0.294. The second kappa shape index (κ2) is 6.05. The minimum absolute atomic E-state index is 0.154. The molecule has 0 saturated heterocycles. The lowest BCUT2D eigenvalue weighted by molar-refractivity contribution is 0.470. The van der Waals surface area contributed by atoms with Crippen molar-refractivity contribution in [2.75, 3.05) is 0 Å². The van der Waals surface area contributed by atoms with E-state index in [2.05, 4.69) is 15.9 Å². The van der Waals surface area contributed by atoms with Gasteiger partial charge in [-0.25, -0.2) is 0 Å². The van der Waals surface area contributed by atoms with Crippen molar-refractivity contribution in [3.05, 3.63) is 58.1 Å². The first-order valence-electron chi connectivity index (χ1n) is 6.91. The number of hydrogen-bond acceptors (Lipinski definition) is 3. The van der Waals surface area contributed by atoms with Gasteiger partial charge in [-0.1, -0.05) is 54.4 Å². The first kappa shape index (κ1) is 17.0. The van der Waals surface area contributed by atoms with Gasteiger partial charge in [0.15, 0.2) is 0 Å². The van der Waals surface area contributed by atoms with E-state index >= 15 is 0 Å². The molecule has 2 aromatic rings. The molecule has 0 heterocycles. The molecule has 3 nitrogen and oxygen atoms in total. The van der Waals surface area contributed by atoms with Crippen molar-refractivity contribution in [1.82, 2.24) is 0 Å². The van der Waals surface area contributed by atoms with Crippen molar-refractivity contribution >= 4 is 26.0 Å². The van der Waals surface area contributed by atoms with Crippen molar-refractivity contribution in [3.8, 4) is 5.75 Å². The Morgan fingerprint density at radius 2 is 1.59 bits per heavy atom. The van der Waals surface area contributed by atoms with Crippen molar-refractivity contribution in [2.24, 2.45) is 0 Å². The largest absolute Gasteiger partial charge is 0.379 e. The molecule has 0 N–H and O–H groups in total. The number of benzene rings is 2. The van der Waals surface area contributed by atoms with Crippen LogP contribution < -0.4 is 4.18 Å². The quantitative estimate of drug-likeness (QED) is 0.714. The van der Waals surface area contributed by atoms with Gasteiger partial charge < -0.3 is 4.18 Å². The normalized spacial score (nSPS) is 12.2. The molecule has 0 aliphatic carbocycles. The molecule has 118 valence electrons. The molecule has 22 heavy (non-hydrogen) atoms. The summed E-state index contributed by atoms with van der Waals surface area (Å²) in [5, 5.41) is 0. The highest BCUT2D eigenvalue weighted by atomic mass is 79.9. The molecule has 2 rings (SSSR count). The number of halogens is 1. The zero-order valence-corrected chi connectivity index (χ0v) is 15.5. The molecule has 0 bridgehead atoms. The van der Waals surface area contributed by atoms with Crippen LogP contribution in [-0.4, -0.2) is 8.42 Å². The SMILES string of the molecule is Cc1ccc(S(=O)(=O)Oc2ccc(Br)cc2C(C)(C)C)cc1.